The van der Waals surface area contributed by atoms with Crippen LogP contribution in [0.15, 0.2) is 36.4 Å². The van der Waals surface area contributed by atoms with Gasteiger partial charge < -0.3 is 0 Å². The third-order valence-electron chi connectivity index (χ3n) is 2.85. The second kappa shape index (κ2) is 5.65. The average Bonchev–Trinajstić information content (AvgIpc) is 2.31. The van der Waals surface area contributed by atoms with Gasteiger partial charge in [0.1, 0.15) is 11.6 Å². The van der Waals surface area contributed by atoms with Crippen LogP contribution >= 0.6 is 11.6 Å². The van der Waals surface area contributed by atoms with Crippen molar-refractivity contribution in [3.05, 3.63) is 69.7 Å². The molecule has 100 valence electrons. The molecule has 19 heavy (non-hydrogen) atoms. The number of hydrogen-bond donors (Lipinski definition) is 2. The molecule has 2 rings (SSSR count). The third-order valence-corrected chi connectivity index (χ3v) is 3.18. The molecule has 2 aromatic carbocycles. The standard InChI is InChI=1S/C14H13ClF2N2/c1-8-2-3-12(13(15)4-8)14(19-18)9-5-10(16)7-11(17)6-9/h2-7,14,19H,18H2,1H3. The van der Waals surface area contributed by atoms with Gasteiger partial charge in [-0.2, -0.15) is 0 Å². The lowest BCUT2D eigenvalue weighted by atomic mass is 9.98. The molecule has 0 amide bonds. The van der Waals surface area contributed by atoms with E-state index in [4.69, 9.17) is 17.4 Å². The van der Waals surface area contributed by atoms with Crippen LogP contribution in [-0.4, -0.2) is 0 Å². The highest BCUT2D eigenvalue weighted by atomic mass is 35.5. The molecular weight excluding hydrogens is 270 g/mol. The van der Waals surface area contributed by atoms with Gasteiger partial charge in [0.2, 0.25) is 0 Å². The maximum absolute atomic E-state index is 13.3. The molecule has 0 radical (unpaired) electrons. The molecule has 0 fully saturated rings. The molecule has 1 atom stereocenters. The third kappa shape index (κ3) is 3.10. The minimum atomic E-state index is -0.654. The second-order valence-corrected chi connectivity index (χ2v) is 4.73. The first-order valence-corrected chi connectivity index (χ1v) is 6.07. The molecule has 0 saturated carbocycles. The fraction of sp³-hybridized carbons (Fsp3) is 0.143. The van der Waals surface area contributed by atoms with E-state index in [9.17, 15) is 8.78 Å². The van der Waals surface area contributed by atoms with E-state index in [2.05, 4.69) is 5.43 Å². The lowest BCUT2D eigenvalue weighted by molar-refractivity contribution is 0.566. The van der Waals surface area contributed by atoms with E-state index in [0.717, 1.165) is 11.6 Å². The number of nitrogens with one attached hydrogen (secondary N) is 1. The molecule has 0 saturated heterocycles. The van der Waals surface area contributed by atoms with E-state index in [1.54, 1.807) is 12.1 Å². The van der Waals surface area contributed by atoms with E-state index in [1.165, 1.54) is 12.1 Å². The Morgan fingerprint density at radius 1 is 1.11 bits per heavy atom. The van der Waals surface area contributed by atoms with Gasteiger partial charge in [0.05, 0.1) is 6.04 Å². The lowest BCUT2D eigenvalue weighted by Crippen LogP contribution is -2.29. The molecule has 2 nitrogen and oxygen atoms in total. The summed E-state index contributed by atoms with van der Waals surface area (Å²) < 4.78 is 26.5. The largest absolute Gasteiger partial charge is 0.271 e. The number of nitrogens with two attached hydrogens (primary N) is 1. The van der Waals surface area contributed by atoms with Gasteiger partial charge in [-0.1, -0.05) is 23.7 Å². The zero-order valence-corrected chi connectivity index (χ0v) is 11.0. The Bertz CT molecular complexity index is 582. The molecule has 0 aliphatic heterocycles. The van der Waals surface area contributed by atoms with Crippen molar-refractivity contribution < 1.29 is 8.78 Å². The van der Waals surface area contributed by atoms with Gasteiger partial charge in [-0.15, -0.1) is 0 Å². The number of hydrazine groups is 1. The number of rotatable bonds is 3. The summed E-state index contributed by atoms with van der Waals surface area (Å²) in [6.45, 7) is 1.91. The zero-order valence-electron chi connectivity index (χ0n) is 10.3. The highest BCUT2D eigenvalue weighted by Crippen LogP contribution is 2.29. The van der Waals surface area contributed by atoms with Crippen LogP contribution in [0.2, 0.25) is 5.02 Å². The molecule has 0 spiro atoms. The van der Waals surface area contributed by atoms with Crippen LogP contribution in [-0.2, 0) is 0 Å². The number of aryl methyl sites for hydroxylation is 1. The first-order chi connectivity index (χ1) is 9.01. The van der Waals surface area contributed by atoms with Gasteiger partial charge in [-0.3, -0.25) is 5.84 Å². The van der Waals surface area contributed by atoms with Crippen LogP contribution in [0.1, 0.15) is 22.7 Å². The Morgan fingerprint density at radius 2 is 1.74 bits per heavy atom. The Balaban J connectivity index is 2.49. The molecule has 5 heteroatoms. The number of benzene rings is 2. The summed E-state index contributed by atoms with van der Waals surface area (Å²) in [6, 6.07) is 8.11. The van der Waals surface area contributed by atoms with E-state index >= 15 is 0 Å². The quantitative estimate of drug-likeness (QED) is 0.668. The summed E-state index contributed by atoms with van der Waals surface area (Å²) in [4.78, 5) is 0. The predicted octanol–water partition coefficient (Wildman–Crippen LogP) is 3.48. The van der Waals surface area contributed by atoms with Gasteiger partial charge in [-0.25, -0.2) is 14.2 Å². The summed E-state index contributed by atoms with van der Waals surface area (Å²) in [5, 5.41) is 0.493. The van der Waals surface area contributed by atoms with Crippen molar-refractivity contribution in [3.63, 3.8) is 0 Å². The topological polar surface area (TPSA) is 38.0 Å². The van der Waals surface area contributed by atoms with Crippen LogP contribution in [0.4, 0.5) is 8.78 Å². The van der Waals surface area contributed by atoms with Gasteiger partial charge >= 0.3 is 0 Å². The van der Waals surface area contributed by atoms with Gasteiger partial charge in [0.15, 0.2) is 0 Å². The van der Waals surface area contributed by atoms with Gasteiger partial charge in [-0.05, 0) is 41.8 Å². The van der Waals surface area contributed by atoms with Crippen molar-refractivity contribution in [2.75, 3.05) is 0 Å². The van der Waals surface area contributed by atoms with E-state index in [0.29, 0.717) is 16.1 Å². The summed E-state index contributed by atoms with van der Waals surface area (Å²) in [5.74, 6) is 4.18. The summed E-state index contributed by atoms with van der Waals surface area (Å²) in [7, 11) is 0. The van der Waals surface area contributed by atoms with Crippen molar-refractivity contribution in [1.82, 2.24) is 5.43 Å². The average molecular weight is 283 g/mol. The molecular formula is C14H13ClF2N2. The zero-order chi connectivity index (χ0) is 14.0. The fourth-order valence-corrected chi connectivity index (χ4v) is 2.32. The van der Waals surface area contributed by atoms with E-state index < -0.39 is 17.7 Å². The first kappa shape index (κ1) is 13.9. The van der Waals surface area contributed by atoms with Crippen molar-refractivity contribution in [2.45, 2.75) is 13.0 Å². The molecule has 3 N–H and O–H groups in total. The Morgan fingerprint density at radius 3 is 2.26 bits per heavy atom. The van der Waals surface area contributed by atoms with Crippen LogP contribution in [0, 0.1) is 18.6 Å². The van der Waals surface area contributed by atoms with E-state index in [-0.39, 0.29) is 0 Å². The molecule has 0 aromatic heterocycles. The van der Waals surface area contributed by atoms with Crippen LogP contribution in [0.5, 0.6) is 0 Å². The number of hydrogen-bond acceptors (Lipinski definition) is 2. The molecule has 1 unspecified atom stereocenters. The Kier molecular flexibility index (Phi) is 4.14. The maximum atomic E-state index is 13.3. The normalized spacial score (nSPS) is 12.5. The first-order valence-electron chi connectivity index (χ1n) is 5.69. The molecule has 0 aliphatic rings. The van der Waals surface area contributed by atoms with Crippen molar-refractivity contribution >= 4 is 11.6 Å². The molecule has 2 aromatic rings. The summed E-state index contributed by atoms with van der Waals surface area (Å²) in [6.07, 6.45) is 0. The van der Waals surface area contributed by atoms with Crippen molar-refractivity contribution in [1.29, 1.82) is 0 Å². The fourth-order valence-electron chi connectivity index (χ4n) is 1.97. The summed E-state index contributed by atoms with van der Waals surface area (Å²) >= 11 is 6.15. The van der Waals surface area contributed by atoms with E-state index in [1.807, 2.05) is 13.0 Å². The highest BCUT2D eigenvalue weighted by molar-refractivity contribution is 6.31. The van der Waals surface area contributed by atoms with Crippen LogP contribution in [0.25, 0.3) is 0 Å². The second-order valence-electron chi connectivity index (χ2n) is 4.33. The molecule has 0 bridgehead atoms. The minimum absolute atomic E-state index is 0.380. The van der Waals surface area contributed by atoms with Gasteiger partial charge in [0.25, 0.3) is 0 Å². The predicted molar refractivity (Wildman–Crippen MR) is 71.7 cm³/mol. The lowest BCUT2D eigenvalue weighted by Gasteiger charge is -2.18. The highest BCUT2D eigenvalue weighted by Gasteiger charge is 2.17. The minimum Gasteiger partial charge on any atom is -0.271 e. The van der Waals surface area contributed by atoms with Crippen molar-refractivity contribution in [2.24, 2.45) is 5.84 Å². The Labute approximate surface area is 115 Å². The maximum Gasteiger partial charge on any atom is 0.126 e. The molecule has 0 heterocycles. The monoisotopic (exact) mass is 282 g/mol. The van der Waals surface area contributed by atoms with Gasteiger partial charge in [0, 0.05) is 11.1 Å². The Hall–Kier alpha value is -1.49. The van der Waals surface area contributed by atoms with Crippen LogP contribution in [0.3, 0.4) is 0 Å². The van der Waals surface area contributed by atoms with Crippen LogP contribution < -0.4 is 11.3 Å². The SMILES string of the molecule is Cc1ccc(C(NN)c2cc(F)cc(F)c2)c(Cl)c1. The van der Waals surface area contributed by atoms with Crippen molar-refractivity contribution in [3.8, 4) is 0 Å². The number of halogens is 3. The smallest absolute Gasteiger partial charge is 0.126 e. The molecule has 0 aliphatic carbocycles. The summed E-state index contributed by atoms with van der Waals surface area (Å²) in [5.41, 5.74) is 4.57.